The van der Waals surface area contributed by atoms with Gasteiger partial charge < -0.3 is 24.7 Å². The minimum Gasteiger partial charge on any atom is -0.455 e. The Labute approximate surface area is 366 Å². The van der Waals surface area contributed by atoms with Crippen LogP contribution in [0.25, 0.3) is 11.0 Å². The van der Waals surface area contributed by atoms with Gasteiger partial charge in [-0.25, -0.2) is 22.5 Å². The molecule has 63 heavy (non-hydrogen) atoms. The van der Waals surface area contributed by atoms with Crippen molar-refractivity contribution < 1.29 is 32.0 Å². The number of nitro benzene ring substituents is 1. The highest BCUT2D eigenvalue weighted by atomic mass is 32.2. The highest BCUT2D eigenvalue weighted by molar-refractivity contribution is 7.90. The fourth-order valence-electron chi connectivity index (χ4n) is 10.2. The number of likely N-dealkylation sites (tertiary alicyclic amines) is 1. The molecule has 9 rings (SSSR count). The average Bonchev–Trinajstić information content (AvgIpc) is 3.95. The number of piperidine rings is 1. The van der Waals surface area contributed by atoms with Crippen molar-refractivity contribution in [2.75, 3.05) is 49.6 Å². The number of fused-ring (bicyclic) bond motifs is 1. The van der Waals surface area contributed by atoms with Crippen LogP contribution in [0.5, 0.6) is 11.5 Å². The predicted molar refractivity (Wildman–Crippen MR) is 239 cm³/mol. The molecule has 3 aromatic carbocycles. The lowest BCUT2D eigenvalue weighted by molar-refractivity contribution is -0.384. The van der Waals surface area contributed by atoms with Gasteiger partial charge in [0, 0.05) is 87.2 Å². The Bertz CT molecular complexity index is 2620. The van der Waals surface area contributed by atoms with Crippen molar-refractivity contribution in [3.63, 3.8) is 0 Å². The zero-order chi connectivity index (χ0) is 43.9. The third-order valence-electron chi connectivity index (χ3n) is 13.8. The van der Waals surface area contributed by atoms with Gasteiger partial charge in [0.15, 0.2) is 0 Å². The predicted octanol–water partition coefficient (Wildman–Crippen LogP) is 9.02. The second-order valence-electron chi connectivity index (χ2n) is 18.1. The van der Waals surface area contributed by atoms with Crippen LogP contribution < -0.4 is 19.7 Å². The van der Waals surface area contributed by atoms with Crippen LogP contribution in [0.3, 0.4) is 0 Å². The van der Waals surface area contributed by atoms with Gasteiger partial charge in [0.05, 0.1) is 21.6 Å². The monoisotopic (exact) mass is 879 g/mol. The Kier molecular flexibility index (Phi) is 11.6. The number of alkyl halides is 1. The molecule has 16 heteroatoms. The second-order valence-corrected chi connectivity index (χ2v) is 19.8. The third kappa shape index (κ3) is 8.85. The third-order valence-corrected chi connectivity index (χ3v) is 15.1. The van der Waals surface area contributed by atoms with E-state index >= 15 is 4.39 Å². The number of hydrogen-bond acceptors (Lipinski definition) is 11. The maximum Gasteiger partial charge on any atom is 0.293 e. The first-order valence-corrected chi connectivity index (χ1v) is 23.5. The van der Waals surface area contributed by atoms with Crippen molar-refractivity contribution in [3.05, 3.63) is 112 Å². The largest absolute Gasteiger partial charge is 0.455 e. The van der Waals surface area contributed by atoms with Gasteiger partial charge in [0.25, 0.3) is 21.6 Å². The number of anilines is 2. The molecule has 2 aromatic heterocycles. The molecule has 3 aliphatic heterocycles. The van der Waals surface area contributed by atoms with E-state index in [1.807, 2.05) is 6.07 Å². The molecule has 5 aromatic rings. The first-order chi connectivity index (χ1) is 30.3. The van der Waals surface area contributed by atoms with Gasteiger partial charge >= 0.3 is 0 Å². The standard InChI is InChI=1S/C47H54FN7O7S/c1-31(2)37-6-3-4-7-38(37)41-8-5-19-54(41)34-27-46(28-34)14-20-53(21-15-46)33-9-11-39(43(25-33)62-35-24-32-13-18-49-44(32)50-29-35)45(56)52-63(59,60)36-10-12-40(42(26-36)55(57)58)51-30-47(48)16-22-61-23-17-47/h3-4,6-7,9-13,18,24-26,29,31,34,41,51H,5,8,14-17,19-23,27-28,30H2,1-2H3,(H,49,50)(H,52,56)/t41-/m0/s1. The highest BCUT2D eigenvalue weighted by Gasteiger charge is 2.50. The van der Waals surface area contributed by atoms with Crippen LogP contribution >= 0.6 is 0 Å². The number of carbonyl (C=O) groups excluding carboxylic acids is 1. The summed E-state index contributed by atoms with van der Waals surface area (Å²) in [6.07, 6.45) is 10.4. The Morgan fingerprint density at radius 2 is 1.81 bits per heavy atom. The van der Waals surface area contributed by atoms with Crippen LogP contribution in [-0.4, -0.2) is 85.2 Å². The number of aromatic amines is 1. The zero-order valence-corrected chi connectivity index (χ0v) is 36.5. The van der Waals surface area contributed by atoms with Gasteiger partial charge in [-0.05, 0) is 104 Å². The number of amides is 1. The van der Waals surface area contributed by atoms with E-state index in [-0.39, 0.29) is 49.6 Å². The van der Waals surface area contributed by atoms with Gasteiger partial charge in [-0.2, -0.15) is 0 Å². The van der Waals surface area contributed by atoms with Crippen LogP contribution in [0.2, 0.25) is 0 Å². The molecule has 1 amide bonds. The second kappa shape index (κ2) is 17.2. The summed E-state index contributed by atoms with van der Waals surface area (Å²) in [7, 11) is -4.62. The topological polar surface area (TPSA) is 172 Å². The number of pyridine rings is 1. The number of nitro groups is 1. The summed E-state index contributed by atoms with van der Waals surface area (Å²) in [6, 6.07) is 21.9. The quantitative estimate of drug-likeness (QED) is 0.0761. The average molecular weight is 880 g/mol. The number of hydrogen-bond donors (Lipinski definition) is 3. The summed E-state index contributed by atoms with van der Waals surface area (Å²) in [5, 5.41) is 15.6. The molecule has 0 bridgehead atoms. The number of rotatable bonds is 13. The Hall–Kier alpha value is -5.58. The molecule has 5 heterocycles. The summed E-state index contributed by atoms with van der Waals surface area (Å²) in [6.45, 7) is 7.62. The Morgan fingerprint density at radius 3 is 2.57 bits per heavy atom. The molecule has 1 spiro atoms. The van der Waals surface area contributed by atoms with E-state index in [9.17, 15) is 23.3 Å². The van der Waals surface area contributed by atoms with Gasteiger partial charge in [0.2, 0.25) is 0 Å². The molecule has 0 radical (unpaired) electrons. The molecular weight excluding hydrogens is 826 g/mol. The number of benzene rings is 3. The van der Waals surface area contributed by atoms with Gasteiger partial charge in [-0.3, -0.25) is 19.8 Å². The Morgan fingerprint density at radius 1 is 1.03 bits per heavy atom. The highest BCUT2D eigenvalue weighted by Crippen LogP contribution is 2.54. The molecule has 4 fully saturated rings. The van der Waals surface area contributed by atoms with E-state index in [1.165, 1.54) is 49.1 Å². The summed E-state index contributed by atoms with van der Waals surface area (Å²) >= 11 is 0. The number of nitrogens with one attached hydrogen (secondary N) is 3. The molecule has 332 valence electrons. The smallest absolute Gasteiger partial charge is 0.293 e. The van der Waals surface area contributed by atoms with Crippen LogP contribution in [-0.2, 0) is 14.8 Å². The van der Waals surface area contributed by atoms with Crippen molar-refractivity contribution in [3.8, 4) is 11.5 Å². The van der Waals surface area contributed by atoms with Gasteiger partial charge in [-0.15, -0.1) is 0 Å². The van der Waals surface area contributed by atoms with Crippen molar-refractivity contribution in [1.29, 1.82) is 0 Å². The van der Waals surface area contributed by atoms with E-state index < -0.39 is 37.1 Å². The number of aromatic nitrogens is 2. The van der Waals surface area contributed by atoms with Crippen LogP contribution in [0.4, 0.5) is 21.5 Å². The maximum atomic E-state index is 15.2. The van der Waals surface area contributed by atoms with Gasteiger partial charge in [0.1, 0.15) is 28.5 Å². The molecule has 3 saturated heterocycles. The van der Waals surface area contributed by atoms with E-state index in [1.54, 1.807) is 30.5 Å². The van der Waals surface area contributed by atoms with E-state index in [4.69, 9.17) is 9.47 Å². The fourth-order valence-corrected chi connectivity index (χ4v) is 11.2. The lowest BCUT2D eigenvalue weighted by Crippen LogP contribution is -2.54. The van der Waals surface area contributed by atoms with Gasteiger partial charge in [-0.1, -0.05) is 38.1 Å². The summed E-state index contributed by atoms with van der Waals surface area (Å²) in [5.41, 5.74) is 2.43. The molecule has 0 unspecified atom stereocenters. The SMILES string of the molecule is CC(C)c1ccccc1[C@@H]1CCCN1C1CC2(CCN(c3ccc(C(=O)NS(=O)(=O)c4ccc(NCC5(F)CCOCC5)c([N+](=O)[O-])c4)c(Oc4cnc5[nH]ccc5c4)c3)CC2)C1. The van der Waals surface area contributed by atoms with Crippen LogP contribution in [0.15, 0.2) is 90.1 Å². The van der Waals surface area contributed by atoms with E-state index in [0.29, 0.717) is 34.8 Å². The minimum atomic E-state index is -4.62. The summed E-state index contributed by atoms with van der Waals surface area (Å²) in [5.74, 6) is -0.0200. The molecular formula is C47H54FN7O7S. The number of sulfonamides is 1. The molecule has 1 atom stereocenters. The maximum absolute atomic E-state index is 15.2. The molecule has 3 N–H and O–H groups in total. The van der Waals surface area contributed by atoms with Crippen molar-refractivity contribution in [1.82, 2.24) is 19.6 Å². The first kappa shape index (κ1) is 42.7. The molecule has 14 nitrogen and oxygen atoms in total. The molecule has 1 aliphatic carbocycles. The first-order valence-electron chi connectivity index (χ1n) is 22.0. The number of nitrogens with zero attached hydrogens (tertiary/aromatic N) is 4. The van der Waals surface area contributed by atoms with Crippen LogP contribution in [0.1, 0.15) is 98.7 Å². The fraction of sp³-hybridized carbons (Fsp3) is 0.447. The van der Waals surface area contributed by atoms with Crippen molar-refractivity contribution in [2.24, 2.45) is 5.41 Å². The number of halogens is 1. The lowest BCUT2D eigenvalue weighted by Gasteiger charge is -2.56. The molecule has 4 aliphatic rings. The van der Waals surface area contributed by atoms with E-state index in [0.717, 1.165) is 55.7 Å². The number of carbonyl (C=O) groups is 1. The zero-order valence-electron chi connectivity index (χ0n) is 35.6. The number of H-pyrrole nitrogens is 1. The van der Waals surface area contributed by atoms with Crippen LogP contribution in [0, 0.1) is 15.5 Å². The van der Waals surface area contributed by atoms with Crippen molar-refractivity contribution in [2.45, 2.75) is 93.8 Å². The van der Waals surface area contributed by atoms with E-state index in [2.05, 4.69) is 67.9 Å². The molecule has 1 saturated carbocycles. The lowest BCUT2D eigenvalue weighted by atomic mass is 9.59. The summed E-state index contributed by atoms with van der Waals surface area (Å²) in [4.78, 5) is 37.3. The minimum absolute atomic E-state index is 0.0442. The van der Waals surface area contributed by atoms with Crippen molar-refractivity contribution >= 4 is 44.0 Å². The summed E-state index contributed by atoms with van der Waals surface area (Å²) < 4.78 is 56.2. The Balaban J connectivity index is 0.905. The number of ether oxygens (including phenoxy) is 2. The normalized spacial score (nSPS) is 20.2.